The third-order valence-corrected chi connectivity index (χ3v) is 3.39. The molecular weight excluding hydrogens is 148 g/mol. The average Bonchev–Trinajstić information content (AvgIpc) is 2.87. The predicted molar refractivity (Wildman–Crippen MR) is 51.3 cm³/mol. The Hall–Kier alpha value is -0.0800. The van der Waals surface area contributed by atoms with E-state index in [9.17, 15) is 0 Å². The smallest absolute Gasteiger partial charge is 0.0119 e. The van der Waals surface area contributed by atoms with Crippen LogP contribution >= 0.6 is 0 Å². The van der Waals surface area contributed by atoms with Crippen LogP contribution in [0.25, 0.3) is 0 Å². The molecular formula is C10H20N2. The lowest BCUT2D eigenvalue weighted by molar-refractivity contribution is 0.138. The Labute approximate surface area is 75.5 Å². The second kappa shape index (κ2) is 3.35. The molecule has 0 aromatic rings. The summed E-state index contributed by atoms with van der Waals surface area (Å²) in [5.74, 6) is 0. The van der Waals surface area contributed by atoms with Crippen LogP contribution in [0.3, 0.4) is 0 Å². The zero-order valence-corrected chi connectivity index (χ0v) is 8.29. The van der Waals surface area contributed by atoms with Gasteiger partial charge in [-0.25, -0.2) is 0 Å². The van der Waals surface area contributed by atoms with E-state index in [-0.39, 0.29) is 0 Å². The van der Waals surface area contributed by atoms with Crippen LogP contribution in [-0.2, 0) is 0 Å². The van der Waals surface area contributed by atoms with E-state index in [1.165, 1.54) is 38.8 Å². The summed E-state index contributed by atoms with van der Waals surface area (Å²) in [5, 5.41) is 0. The molecule has 2 aliphatic rings. The van der Waals surface area contributed by atoms with Gasteiger partial charge in [0, 0.05) is 12.1 Å². The Bertz CT molecular complexity index is 146. The molecule has 0 unspecified atom stereocenters. The fourth-order valence-electron chi connectivity index (χ4n) is 2.18. The summed E-state index contributed by atoms with van der Waals surface area (Å²) in [6.45, 7) is 2.59. The maximum absolute atomic E-state index is 2.62. The highest BCUT2D eigenvalue weighted by molar-refractivity contribution is 4.88. The van der Waals surface area contributed by atoms with Gasteiger partial charge in [0.1, 0.15) is 0 Å². The fraction of sp³-hybridized carbons (Fsp3) is 1.00. The van der Waals surface area contributed by atoms with Gasteiger partial charge in [0.2, 0.25) is 0 Å². The molecule has 0 radical (unpaired) electrons. The van der Waals surface area contributed by atoms with Crippen molar-refractivity contribution in [2.24, 2.45) is 0 Å². The van der Waals surface area contributed by atoms with Crippen LogP contribution in [0.4, 0.5) is 0 Å². The summed E-state index contributed by atoms with van der Waals surface area (Å²) in [6, 6.07) is 1.83. The van der Waals surface area contributed by atoms with Gasteiger partial charge < -0.3 is 9.80 Å². The Morgan fingerprint density at radius 1 is 1.00 bits per heavy atom. The number of hydrogen-bond acceptors (Lipinski definition) is 2. The van der Waals surface area contributed by atoms with Crippen LogP contribution in [0.1, 0.15) is 25.7 Å². The van der Waals surface area contributed by atoms with E-state index in [4.69, 9.17) is 0 Å². The van der Waals surface area contributed by atoms with Crippen LogP contribution in [0.5, 0.6) is 0 Å². The van der Waals surface area contributed by atoms with Crippen molar-refractivity contribution >= 4 is 0 Å². The van der Waals surface area contributed by atoms with E-state index < -0.39 is 0 Å². The first kappa shape index (κ1) is 8.52. The molecule has 2 rings (SSSR count). The van der Waals surface area contributed by atoms with Gasteiger partial charge in [-0.2, -0.15) is 0 Å². The van der Waals surface area contributed by atoms with Crippen molar-refractivity contribution in [3.8, 4) is 0 Å². The molecule has 2 heteroatoms. The first-order chi connectivity index (χ1) is 5.77. The third kappa shape index (κ3) is 1.80. The predicted octanol–water partition coefficient (Wildman–Crippen LogP) is 1.17. The molecule has 1 heterocycles. The standard InChI is InChI=1S/C10H20N2/c1-11-7-5-10(6-8-11)12(2)9-3-4-9/h9-10H,3-8H2,1-2H3. The maximum atomic E-state index is 2.62. The molecule has 0 bridgehead atoms. The minimum absolute atomic E-state index is 0.883. The molecule has 70 valence electrons. The van der Waals surface area contributed by atoms with Gasteiger partial charge >= 0.3 is 0 Å². The van der Waals surface area contributed by atoms with Gasteiger partial charge in [-0.3, -0.25) is 0 Å². The van der Waals surface area contributed by atoms with Crippen LogP contribution in [0.15, 0.2) is 0 Å². The zero-order chi connectivity index (χ0) is 8.55. The van der Waals surface area contributed by atoms with E-state index in [0.29, 0.717) is 0 Å². The van der Waals surface area contributed by atoms with Crippen molar-refractivity contribution < 1.29 is 0 Å². The van der Waals surface area contributed by atoms with Crippen molar-refractivity contribution in [1.29, 1.82) is 0 Å². The zero-order valence-electron chi connectivity index (χ0n) is 8.29. The second-order valence-corrected chi connectivity index (χ2v) is 4.43. The quantitative estimate of drug-likeness (QED) is 0.611. The lowest BCUT2D eigenvalue weighted by Gasteiger charge is -2.35. The Morgan fingerprint density at radius 2 is 1.50 bits per heavy atom. The number of rotatable bonds is 2. The van der Waals surface area contributed by atoms with E-state index in [1.807, 2.05) is 0 Å². The molecule has 0 spiro atoms. The van der Waals surface area contributed by atoms with E-state index >= 15 is 0 Å². The van der Waals surface area contributed by atoms with Gasteiger partial charge in [-0.1, -0.05) is 0 Å². The molecule has 12 heavy (non-hydrogen) atoms. The monoisotopic (exact) mass is 168 g/mol. The Kier molecular flexibility index (Phi) is 2.37. The van der Waals surface area contributed by atoms with E-state index in [1.54, 1.807) is 0 Å². The lowest BCUT2D eigenvalue weighted by atomic mass is 10.0. The average molecular weight is 168 g/mol. The van der Waals surface area contributed by atoms with Gasteiger partial charge in [0.25, 0.3) is 0 Å². The van der Waals surface area contributed by atoms with Crippen LogP contribution in [0.2, 0.25) is 0 Å². The highest BCUT2D eigenvalue weighted by Gasteiger charge is 2.31. The number of likely N-dealkylation sites (tertiary alicyclic amines) is 1. The van der Waals surface area contributed by atoms with Crippen molar-refractivity contribution in [1.82, 2.24) is 9.80 Å². The molecule has 2 fully saturated rings. The molecule has 1 aliphatic heterocycles. The molecule has 0 atom stereocenters. The number of piperidine rings is 1. The van der Waals surface area contributed by atoms with Gasteiger partial charge in [-0.15, -0.1) is 0 Å². The summed E-state index contributed by atoms with van der Waals surface area (Å²) < 4.78 is 0. The minimum Gasteiger partial charge on any atom is -0.306 e. The third-order valence-electron chi connectivity index (χ3n) is 3.39. The molecule has 1 saturated carbocycles. The highest BCUT2D eigenvalue weighted by Crippen LogP contribution is 2.29. The molecule has 1 saturated heterocycles. The first-order valence-electron chi connectivity index (χ1n) is 5.18. The fourth-order valence-corrected chi connectivity index (χ4v) is 2.18. The molecule has 0 N–H and O–H groups in total. The van der Waals surface area contributed by atoms with E-state index in [0.717, 1.165) is 12.1 Å². The second-order valence-electron chi connectivity index (χ2n) is 4.43. The normalized spacial score (nSPS) is 28.2. The SMILES string of the molecule is CN1CCC(N(C)C2CC2)CC1. The topological polar surface area (TPSA) is 6.48 Å². The molecule has 2 nitrogen and oxygen atoms in total. The molecule has 1 aliphatic carbocycles. The summed E-state index contributed by atoms with van der Waals surface area (Å²) in [5.41, 5.74) is 0. The Balaban J connectivity index is 1.80. The summed E-state index contributed by atoms with van der Waals surface area (Å²) in [6.07, 6.45) is 5.65. The van der Waals surface area contributed by atoms with Crippen molar-refractivity contribution in [2.45, 2.75) is 37.8 Å². The van der Waals surface area contributed by atoms with Crippen molar-refractivity contribution in [3.63, 3.8) is 0 Å². The number of hydrogen-bond donors (Lipinski definition) is 0. The minimum atomic E-state index is 0.883. The molecule has 0 aromatic carbocycles. The van der Waals surface area contributed by atoms with Crippen molar-refractivity contribution in [2.75, 3.05) is 27.2 Å². The largest absolute Gasteiger partial charge is 0.306 e. The van der Waals surface area contributed by atoms with Crippen LogP contribution in [0, 0.1) is 0 Å². The Morgan fingerprint density at radius 3 is 2.00 bits per heavy atom. The summed E-state index contributed by atoms with van der Waals surface area (Å²) in [7, 11) is 4.54. The van der Waals surface area contributed by atoms with E-state index in [2.05, 4.69) is 23.9 Å². The number of nitrogens with zero attached hydrogens (tertiary/aromatic N) is 2. The maximum Gasteiger partial charge on any atom is 0.0119 e. The summed E-state index contributed by atoms with van der Waals surface area (Å²) in [4.78, 5) is 5.06. The van der Waals surface area contributed by atoms with Gasteiger partial charge in [0.05, 0.1) is 0 Å². The van der Waals surface area contributed by atoms with Gasteiger partial charge in [-0.05, 0) is 52.9 Å². The van der Waals surface area contributed by atoms with Crippen LogP contribution in [-0.4, -0.2) is 49.1 Å². The lowest BCUT2D eigenvalue weighted by Crippen LogP contribution is -2.42. The van der Waals surface area contributed by atoms with Gasteiger partial charge in [0.15, 0.2) is 0 Å². The van der Waals surface area contributed by atoms with Crippen molar-refractivity contribution in [3.05, 3.63) is 0 Å². The summed E-state index contributed by atoms with van der Waals surface area (Å²) >= 11 is 0. The van der Waals surface area contributed by atoms with Crippen LogP contribution < -0.4 is 0 Å². The first-order valence-corrected chi connectivity index (χ1v) is 5.18. The molecule has 0 amide bonds. The molecule has 0 aromatic heterocycles. The highest BCUT2D eigenvalue weighted by atomic mass is 15.2.